The number of rotatable bonds is 0. The molecule has 0 aromatic carbocycles. The summed E-state index contributed by atoms with van der Waals surface area (Å²) in [5.41, 5.74) is 3.45. The van der Waals surface area contributed by atoms with Gasteiger partial charge in [-0.15, -0.1) is 0 Å². The molecule has 14 heavy (non-hydrogen) atoms. The topological polar surface area (TPSA) is 12.0 Å². The molecular formula is C12H16BrN. The fourth-order valence-corrected chi connectivity index (χ4v) is 3.65. The molecule has 0 spiro atoms. The number of piperidine rings is 1. The molecule has 0 aromatic rings. The van der Waals surface area contributed by atoms with Gasteiger partial charge in [0.15, 0.2) is 0 Å². The molecule has 1 fully saturated rings. The average molecular weight is 254 g/mol. The summed E-state index contributed by atoms with van der Waals surface area (Å²) in [6, 6.07) is 0. The van der Waals surface area contributed by atoms with Gasteiger partial charge >= 0.3 is 0 Å². The normalized spacial score (nSPS) is 36.5. The molecule has 2 atom stereocenters. The second-order valence-corrected chi connectivity index (χ2v) is 5.73. The average Bonchev–Trinajstić information content (AvgIpc) is 2.56. The highest BCUT2D eigenvalue weighted by Crippen LogP contribution is 2.46. The van der Waals surface area contributed by atoms with Crippen LogP contribution in [0.4, 0.5) is 0 Å². The summed E-state index contributed by atoms with van der Waals surface area (Å²) in [6.45, 7) is 2.45. The smallest absolute Gasteiger partial charge is 0.00116 e. The Labute approximate surface area is 93.8 Å². The first-order chi connectivity index (χ1) is 6.84. The summed E-state index contributed by atoms with van der Waals surface area (Å²) < 4.78 is 1.41. The van der Waals surface area contributed by atoms with Crippen molar-refractivity contribution < 1.29 is 0 Å². The number of hydrogen-bond donors (Lipinski definition) is 1. The maximum Gasteiger partial charge on any atom is -0.00116 e. The third-order valence-electron chi connectivity index (χ3n) is 3.90. The largest absolute Gasteiger partial charge is 0.316 e. The highest BCUT2D eigenvalue weighted by Gasteiger charge is 2.35. The van der Waals surface area contributed by atoms with Crippen molar-refractivity contribution in [3.05, 3.63) is 21.7 Å². The lowest BCUT2D eigenvalue weighted by atomic mass is 9.85. The monoisotopic (exact) mass is 253 g/mol. The maximum absolute atomic E-state index is 3.65. The van der Waals surface area contributed by atoms with E-state index >= 15 is 0 Å². The molecule has 2 aliphatic carbocycles. The number of halogens is 1. The standard InChI is InChI=1S/C12H16BrN/c13-10-2-1-8-5-9-7-14-4-3-11(9)12(8)6-10/h6,9,11,14H,1-5,7H2. The quantitative estimate of drug-likeness (QED) is 0.700. The van der Waals surface area contributed by atoms with Crippen molar-refractivity contribution >= 4 is 15.9 Å². The molecule has 1 heterocycles. The molecule has 3 rings (SSSR count). The Balaban J connectivity index is 1.91. The van der Waals surface area contributed by atoms with E-state index < -0.39 is 0 Å². The Morgan fingerprint density at radius 1 is 1.36 bits per heavy atom. The molecule has 76 valence electrons. The molecule has 0 aromatic heterocycles. The predicted octanol–water partition coefficient (Wildman–Crippen LogP) is 2.99. The van der Waals surface area contributed by atoms with E-state index in [9.17, 15) is 0 Å². The zero-order chi connectivity index (χ0) is 9.54. The minimum Gasteiger partial charge on any atom is -0.316 e. The molecule has 0 saturated carbocycles. The van der Waals surface area contributed by atoms with Gasteiger partial charge in [0.1, 0.15) is 0 Å². The molecule has 1 nitrogen and oxygen atoms in total. The van der Waals surface area contributed by atoms with Crippen molar-refractivity contribution in [2.45, 2.75) is 25.7 Å². The first-order valence-corrected chi connectivity index (χ1v) is 6.42. The minimum atomic E-state index is 0.874. The molecule has 3 aliphatic rings. The van der Waals surface area contributed by atoms with Crippen molar-refractivity contribution in [2.24, 2.45) is 11.8 Å². The number of hydrogen-bond acceptors (Lipinski definition) is 1. The first kappa shape index (κ1) is 9.17. The predicted molar refractivity (Wildman–Crippen MR) is 62.4 cm³/mol. The summed E-state index contributed by atoms with van der Waals surface area (Å²) in [5.74, 6) is 1.78. The molecule has 0 bridgehead atoms. The second-order valence-electron chi connectivity index (χ2n) is 4.71. The van der Waals surface area contributed by atoms with E-state index in [4.69, 9.17) is 0 Å². The van der Waals surface area contributed by atoms with Crippen LogP contribution in [0.1, 0.15) is 25.7 Å². The lowest BCUT2D eigenvalue weighted by molar-refractivity contribution is 0.315. The van der Waals surface area contributed by atoms with Gasteiger partial charge in [0.25, 0.3) is 0 Å². The maximum atomic E-state index is 3.65. The van der Waals surface area contributed by atoms with Gasteiger partial charge in [0.2, 0.25) is 0 Å². The van der Waals surface area contributed by atoms with Crippen molar-refractivity contribution in [2.75, 3.05) is 13.1 Å². The molecular weight excluding hydrogens is 238 g/mol. The first-order valence-electron chi connectivity index (χ1n) is 5.63. The van der Waals surface area contributed by atoms with E-state index in [1.54, 1.807) is 11.1 Å². The van der Waals surface area contributed by atoms with Crippen LogP contribution in [0.5, 0.6) is 0 Å². The van der Waals surface area contributed by atoms with Crippen molar-refractivity contribution in [3.8, 4) is 0 Å². The van der Waals surface area contributed by atoms with Crippen molar-refractivity contribution in [1.29, 1.82) is 0 Å². The third-order valence-corrected chi connectivity index (χ3v) is 4.53. The highest BCUT2D eigenvalue weighted by atomic mass is 79.9. The van der Waals surface area contributed by atoms with Crippen LogP contribution >= 0.6 is 15.9 Å². The van der Waals surface area contributed by atoms with Gasteiger partial charge in [-0.05, 0) is 66.7 Å². The van der Waals surface area contributed by atoms with Gasteiger partial charge in [0.05, 0.1) is 0 Å². The summed E-state index contributed by atoms with van der Waals surface area (Å²) in [4.78, 5) is 0. The molecule has 2 unspecified atom stereocenters. The van der Waals surface area contributed by atoms with Crippen LogP contribution in [-0.2, 0) is 0 Å². The molecule has 2 heteroatoms. The van der Waals surface area contributed by atoms with E-state index in [-0.39, 0.29) is 0 Å². The summed E-state index contributed by atoms with van der Waals surface area (Å²) in [5, 5.41) is 3.52. The molecule has 0 amide bonds. The Bertz CT molecular complexity index is 316. The van der Waals surface area contributed by atoms with E-state index in [0.717, 1.165) is 11.8 Å². The molecule has 0 radical (unpaired) electrons. The van der Waals surface area contributed by atoms with Crippen molar-refractivity contribution in [1.82, 2.24) is 5.32 Å². The summed E-state index contributed by atoms with van der Waals surface area (Å²) in [6.07, 6.45) is 7.66. The lowest BCUT2D eigenvalue weighted by Gasteiger charge is -2.27. The third kappa shape index (κ3) is 1.40. The van der Waals surface area contributed by atoms with Crippen LogP contribution in [0.3, 0.4) is 0 Å². The Kier molecular flexibility index (Phi) is 2.29. The molecule has 1 aliphatic heterocycles. The molecule has 1 saturated heterocycles. The van der Waals surface area contributed by atoms with E-state index in [1.165, 1.54) is 43.3 Å². The fraction of sp³-hybridized carbons (Fsp3) is 0.667. The van der Waals surface area contributed by atoms with Crippen LogP contribution in [-0.4, -0.2) is 13.1 Å². The summed E-state index contributed by atoms with van der Waals surface area (Å²) >= 11 is 3.65. The van der Waals surface area contributed by atoms with E-state index in [2.05, 4.69) is 27.3 Å². The zero-order valence-electron chi connectivity index (χ0n) is 8.35. The Hall–Kier alpha value is -0.0800. The molecule has 1 N–H and O–H groups in total. The van der Waals surface area contributed by atoms with Gasteiger partial charge in [0, 0.05) is 0 Å². The van der Waals surface area contributed by atoms with Crippen LogP contribution in [0.2, 0.25) is 0 Å². The number of nitrogens with one attached hydrogen (secondary N) is 1. The summed E-state index contributed by atoms with van der Waals surface area (Å²) in [7, 11) is 0. The van der Waals surface area contributed by atoms with Crippen molar-refractivity contribution in [3.63, 3.8) is 0 Å². The Morgan fingerprint density at radius 2 is 2.29 bits per heavy atom. The van der Waals surface area contributed by atoms with E-state index in [1.807, 2.05) is 0 Å². The van der Waals surface area contributed by atoms with E-state index in [0.29, 0.717) is 0 Å². The van der Waals surface area contributed by atoms with Gasteiger partial charge in [-0.25, -0.2) is 0 Å². The van der Waals surface area contributed by atoms with Gasteiger partial charge in [-0.1, -0.05) is 21.5 Å². The van der Waals surface area contributed by atoms with Gasteiger partial charge < -0.3 is 5.32 Å². The van der Waals surface area contributed by atoms with Crippen LogP contribution in [0.15, 0.2) is 21.7 Å². The highest BCUT2D eigenvalue weighted by molar-refractivity contribution is 9.11. The van der Waals surface area contributed by atoms with Gasteiger partial charge in [-0.2, -0.15) is 0 Å². The second kappa shape index (κ2) is 3.49. The fourth-order valence-electron chi connectivity index (χ4n) is 3.21. The Morgan fingerprint density at radius 3 is 3.21 bits per heavy atom. The van der Waals surface area contributed by atoms with Crippen LogP contribution in [0.25, 0.3) is 0 Å². The van der Waals surface area contributed by atoms with Gasteiger partial charge in [-0.3, -0.25) is 0 Å². The lowest BCUT2D eigenvalue weighted by Crippen LogP contribution is -2.34. The minimum absolute atomic E-state index is 0.874. The number of allylic oxidation sites excluding steroid dienone is 4. The van der Waals surface area contributed by atoms with Crippen LogP contribution < -0.4 is 5.32 Å². The van der Waals surface area contributed by atoms with Crippen LogP contribution in [0, 0.1) is 11.8 Å². The zero-order valence-corrected chi connectivity index (χ0v) is 9.94. The number of fused-ring (bicyclic) bond motifs is 2. The SMILES string of the molecule is BrC1=CC2=C(CC1)CC1CNCCC21.